The Bertz CT molecular complexity index is 514. The monoisotopic (exact) mass is 302 g/mol. The molecule has 2 rings (SSSR count). The number of guanidine groups is 1. The number of carbonyl (C=O) groups is 1. The Labute approximate surface area is 132 Å². The zero-order valence-electron chi connectivity index (χ0n) is 13.6. The van der Waals surface area contributed by atoms with Gasteiger partial charge >= 0.3 is 0 Å². The maximum atomic E-state index is 11.8. The molecule has 0 aliphatic carbocycles. The molecule has 1 aromatic carbocycles. The van der Waals surface area contributed by atoms with E-state index in [0.29, 0.717) is 18.1 Å². The summed E-state index contributed by atoms with van der Waals surface area (Å²) in [6.45, 7) is 2.57. The van der Waals surface area contributed by atoms with E-state index < -0.39 is 0 Å². The fourth-order valence-corrected chi connectivity index (χ4v) is 2.58. The smallest absolute Gasteiger partial charge is 0.253 e. The minimum absolute atomic E-state index is 0.0131. The Hall–Kier alpha value is -2.04. The van der Waals surface area contributed by atoms with Crippen LogP contribution in [-0.4, -0.2) is 48.9 Å². The van der Waals surface area contributed by atoms with Crippen molar-refractivity contribution >= 4 is 11.9 Å². The summed E-state index contributed by atoms with van der Waals surface area (Å²) in [5.74, 6) is 0.648. The summed E-state index contributed by atoms with van der Waals surface area (Å²) in [6, 6.07) is 7.57. The SMILES string of the molecule is CN(C)C(=O)c1ccc(CN=C(N)N2CCCCCC2)cc1. The van der Waals surface area contributed by atoms with Crippen molar-refractivity contribution in [3.63, 3.8) is 0 Å². The number of likely N-dealkylation sites (tertiary alicyclic amines) is 1. The van der Waals surface area contributed by atoms with Crippen molar-refractivity contribution in [2.45, 2.75) is 32.2 Å². The Kier molecular flexibility index (Phi) is 5.81. The van der Waals surface area contributed by atoms with Crippen molar-refractivity contribution in [3.8, 4) is 0 Å². The van der Waals surface area contributed by atoms with Gasteiger partial charge in [0.25, 0.3) is 5.91 Å². The van der Waals surface area contributed by atoms with Crippen LogP contribution in [0.1, 0.15) is 41.6 Å². The first-order valence-corrected chi connectivity index (χ1v) is 7.93. The maximum Gasteiger partial charge on any atom is 0.253 e. The highest BCUT2D eigenvalue weighted by atomic mass is 16.2. The van der Waals surface area contributed by atoms with Crippen LogP contribution in [0, 0.1) is 0 Å². The van der Waals surface area contributed by atoms with E-state index in [4.69, 9.17) is 5.73 Å². The number of amides is 1. The standard InChI is InChI=1S/C17H26N4O/c1-20(2)16(22)15-9-7-14(8-10-15)13-19-17(18)21-11-5-3-4-6-12-21/h7-10H,3-6,11-13H2,1-2H3,(H2,18,19). The van der Waals surface area contributed by atoms with E-state index in [1.54, 1.807) is 19.0 Å². The molecule has 1 aromatic rings. The average Bonchev–Trinajstić information content (AvgIpc) is 2.81. The summed E-state index contributed by atoms with van der Waals surface area (Å²) in [6.07, 6.45) is 4.95. The molecule has 0 radical (unpaired) electrons. The van der Waals surface area contributed by atoms with Gasteiger partial charge in [0, 0.05) is 32.7 Å². The van der Waals surface area contributed by atoms with Crippen LogP contribution in [0.3, 0.4) is 0 Å². The number of rotatable bonds is 3. The van der Waals surface area contributed by atoms with E-state index >= 15 is 0 Å². The molecule has 22 heavy (non-hydrogen) atoms. The second-order valence-corrected chi connectivity index (χ2v) is 5.97. The predicted molar refractivity (Wildman–Crippen MR) is 89.8 cm³/mol. The lowest BCUT2D eigenvalue weighted by molar-refractivity contribution is 0.0827. The fourth-order valence-electron chi connectivity index (χ4n) is 2.58. The van der Waals surface area contributed by atoms with Crippen molar-refractivity contribution in [2.75, 3.05) is 27.2 Å². The Morgan fingerprint density at radius 2 is 1.73 bits per heavy atom. The molecular formula is C17H26N4O. The van der Waals surface area contributed by atoms with Gasteiger partial charge in [-0.2, -0.15) is 0 Å². The number of nitrogens with two attached hydrogens (primary N) is 1. The van der Waals surface area contributed by atoms with Gasteiger partial charge in [-0.25, -0.2) is 4.99 Å². The van der Waals surface area contributed by atoms with Crippen molar-refractivity contribution in [3.05, 3.63) is 35.4 Å². The fraction of sp³-hybridized carbons (Fsp3) is 0.529. The maximum absolute atomic E-state index is 11.8. The van der Waals surface area contributed by atoms with Gasteiger partial charge in [0.1, 0.15) is 0 Å². The first-order chi connectivity index (χ1) is 10.6. The topological polar surface area (TPSA) is 61.9 Å². The van der Waals surface area contributed by atoms with Gasteiger partial charge in [0.05, 0.1) is 6.54 Å². The molecule has 1 aliphatic heterocycles. The number of hydrogen-bond acceptors (Lipinski definition) is 2. The third kappa shape index (κ3) is 4.48. The van der Waals surface area contributed by atoms with Gasteiger partial charge in [0.2, 0.25) is 0 Å². The summed E-state index contributed by atoms with van der Waals surface area (Å²) >= 11 is 0. The van der Waals surface area contributed by atoms with E-state index in [9.17, 15) is 4.79 Å². The minimum atomic E-state index is 0.0131. The van der Waals surface area contributed by atoms with E-state index in [0.717, 1.165) is 18.7 Å². The van der Waals surface area contributed by atoms with Crippen LogP contribution < -0.4 is 5.73 Å². The molecule has 0 spiro atoms. The predicted octanol–water partition coefficient (Wildman–Crippen LogP) is 2.08. The molecule has 5 heteroatoms. The number of carbonyl (C=O) groups excluding carboxylic acids is 1. The highest BCUT2D eigenvalue weighted by molar-refractivity contribution is 5.93. The van der Waals surface area contributed by atoms with Gasteiger partial charge < -0.3 is 15.5 Å². The van der Waals surface area contributed by atoms with Crippen LogP contribution in [-0.2, 0) is 6.54 Å². The van der Waals surface area contributed by atoms with Crippen molar-refractivity contribution in [1.29, 1.82) is 0 Å². The lowest BCUT2D eigenvalue weighted by Crippen LogP contribution is -2.38. The first kappa shape index (κ1) is 16.3. The van der Waals surface area contributed by atoms with Crippen molar-refractivity contribution in [2.24, 2.45) is 10.7 Å². The first-order valence-electron chi connectivity index (χ1n) is 7.93. The summed E-state index contributed by atoms with van der Waals surface area (Å²) in [4.78, 5) is 20.1. The lowest BCUT2D eigenvalue weighted by atomic mass is 10.1. The van der Waals surface area contributed by atoms with Gasteiger partial charge in [-0.1, -0.05) is 25.0 Å². The minimum Gasteiger partial charge on any atom is -0.370 e. The molecule has 120 valence electrons. The van der Waals surface area contributed by atoms with Crippen LogP contribution in [0.25, 0.3) is 0 Å². The number of aliphatic imine (C=N–C) groups is 1. The van der Waals surface area contributed by atoms with Crippen LogP contribution in [0.15, 0.2) is 29.3 Å². The van der Waals surface area contributed by atoms with Gasteiger partial charge in [-0.3, -0.25) is 4.79 Å². The zero-order valence-corrected chi connectivity index (χ0v) is 13.6. The molecule has 1 fully saturated rings. The molecule has 2 N–H and O–H groups in total. The Balaban J connectivity index is 1.95. The van der Waals surface area contributed by atoms with Crippen molar-refractivity contribution in [1.82, 2.24) is 9.80 Å². The zero-order chi connectivity index (χ0) is 15.9. The molecular weight excluding hydrogens is 276 g/mol. The largest absolute Gasteiger partial charge is 0.370 e. The third-order valence-electron chi connectivity index (χ3n) is 3.96. The second-order valence-electron chi connectivity index (χ2n) is 5.97. The Morgan fingerprint density at radius 3 is 2.27 bits per heavy atom. The average molecular weight is 302 g/mol. The normalized spacial score (nSPS) is 16.3. The van der Waals surface area contributed by atoms with Crippen LogP contribution in [0.4, 0.5) is 0 Å². The number of hydrogen-bond donors (Lipinski definition) is 1. The summed E-state index contributed by atoms with van der Waals surface area (Å²) in [7, 11) is 3.50. The van der Waals surface area contributed by atoms with Crippen LogP contribution in [0.5, 0.6) is 0 Å². The summed E-state index contributed by atoms with van der Waals surface area (Å²) in [5.41, 5.74) is 7.85. The molecule has 1 saturated heterocycles. The molecule has 1 heterocycles. The molecule has 0 unspecified atom stereocenters. The van der Waals surface area contributed by atoms with Gasteiger partial charge in [-0.15, -0.1) is 0 Å². The van der Waals surface area contributed by atoms with E-state index in [2.05, 4.69) is 9.89 Å². The molecule has 0 aromatic heterocycles. The second kappa shape index (κ2) is 7.82. The molecule has 0 atom stereocenters. The molecule has 0 bridgehead atoms. The quantitative estimate of drug-likeness (QED) is 0.687. The lowest BCUT2D eigenvalue weighted by Gasteiger charge is -2.21. The summed E-state index contributed by atoms with van der Waals surface area (Å²) in [5, 5.41) is 0. The van der Waals surface area contributed by atoms with Crippen LogP contribution in [0.2, 0.25) is 0 Å². The highest BCUT2D eigenvalue weighted by Gasteiger charge is 2.11. The third-order valence-corrected chi connectivity index (χ3v) is 3.96. The molecule has 0 saturated carbocycles. The van der Waals surface area contributed by atoms with E-state index in [1.807, 2.05) is 24.3 Å². The van der Waals surface area contributed by atoms with E-state index in [1.165, 1.54) is 25.7 Å². The van der Waals surface area contributed by atoms with Gasteiger partial charge in [-0.05, 0) is 30.5 Å². The molecule has 1 aliphatic rings. The Morgan fingerprint density at radius 1 is 1.14 bits per heavy atom. The number of nitrogens with zero attached hydrogens (tertiary/aromatic N) is 3. The molecule has 5 nitrogen and oxygen atoms in total. The van der Waals surface area contributed by atoms with Gasteiger partial charge in [0.15, 0.2) is 5.96 Å². The number of benzene rings is 1. The van der Waals surface area contributed by atoms with Crippen molar-refractivity contribution < 1.29 is 4.79 Å². The van der Waals surface area contributed by atoms with E-state index in [-0.39, 0.29) is 5.91 Å². The van der Waals surface area contributed by atoms with Crippen LogP contribution >= 0.6 is 0 Å². The highest BCUT2D eigenvalue weighted by Crippen LogP contribution is 2.11. The molecule has 1 amide bonds. The summed E-state index contributed by atoms with van der Waals surface area (Å²) < 4.78 is 0.